The quantitative estimate of drug-likeness (QED) is 0.281. The molecule has 0 radical (unpaired) electrons. The third kappa shape index (κ3) is 7.47. The lowest BCUT2D eigenvalue weighted by atomic mass is 10.2. The number of halogens is 2. The van der Waals surface area contributed by atoms with Gasteiger partial charge in [-0.2, -0.15) is 11.8 Å². The molecule has 0 saturated heterocycles. The van der Waals surface area contributed by atoms with Gasteiger partial charge in [0, 0.05) is 34.2 Å². The first kappa shape index (κ1) is 29.0. The van der Waals surface area contributed by atoms with Gasteiger partial charge in [-0.15, -0.1) is 0 Å². The molecule has 1 amide bonds. The SMILES string of the molecule is COc1ccc(OC)c(N(CC(=O)NCCSCc2c(Cl)cccc2Cl)S(=O)(=O)c2ccc(C)cc2)c1. The molecule has 0 aromatic heterocycles. The highest BCUT2D eigenvalue weighted by Crippen LogP contribution is 2.35. The monoisotopic (exact) mass is 582 g/mol. The number of hydrogen-bond donors (Lipinski definition) is 1. The Balaban J connectivity index is 1.76. The molecule has 0 aliphatic heterocycles. The Morgan fingerprint density at radius 1 is 1.00 bits per heavy atom. The Hall–Kier alpha value is -2.59. The predicted octanol–water partition coefficient (Wildman–Crippen LogP) is 5.56. The van der Waals surface area contributed by atoms with Gasteiger partial charge in [0.1, 0.15) is 18.0 Å². The van der Waals surface area contributed by atoms with E-state index in [-0.39, 0.29) is 16.3 Å². The molecule has 3 aromatic rings. The van der Waals surface area contributed by atoms with Crippen LogP contribution in [0.3, 0.4) is 0 Å². The third-order valence-electron chi connectivity index (χ3n) is 5.43. The number of thioether (sulfide) groups is 1. The molecule has 7 nitrogen and oxygen atoms in total. The lowest BCUT2D eigenvalue weighted by Gasteiger charge is -2.26. The average Bonchev–Trinajstić information content (AvgIpc) is 2.88. The Morgan fingerprint density at radius 2 is 1.68 bits per heavy atom. The Labute approximate surface area is 232 Å². The number of anilines is 1. The molecule has 0 aliphatic rings. The number of aryl methyl sites for hydroxylation is 1. The molecule has 0 fully saturated rings. The number of ether oxygens (including phenoxy) is 2. The van der Waals surface area contributed by atoms with Crippen molar-refractivity contribution in [2.75, 3.05) is 37.4 Å². The van der Waals surface area contributed by atoms with Gasteiger partial charge in [-0.05, 0) is 48.9 Å². The van der Waals surface area contributed by atoms with Gasteiger partial charge in [-0.1, -0.05) is 47.0 Å². The fourth-order valence-electron chi connectivity index (χ4n) is 3.42. The van der Waals surface area contributed by atoms with Gasteiger partial charge < -0.3 is 14.8 Å². The lowest BCUT2D eigenvalue weighted by Crippen LogP contribution is -2.41. The summed E-state index contributed by atoms with van der Waals surface area (Å²) in [5, 5.41) is 3.98. The van der Waals surface area contributed by atoms with Crippen molar-refractivity contribution in [2.45, 2.75) is 17.6 Å². The van der Waals surface area contributed by atoms with Gasteiger partial charge in [0.2, 0.25) is 5.91 Å². The lowest BCUT2D eigenvalue weighted by molar-refractivity contribution is -0.119. The first-order chi connectivity index (χ1) is 17.7. The molecule has 0 spiro atoms. The standard InChI is InChI=1S/C26H28Cl2N2O5S2/c1-18-7-10-20(11-8-18)37(32,33)30(24-15-19(34-2)9-12-25(24)35-3)16-26(31)29-13-14-36-17-21-22(27)5-4-6-23(21)28/h4-12,15H,13-14,16-17H2,1-3H3,(H,29,31). The van der Waals surface area contributed by atoms with Crippen LogP contribution in [0.4, 0.5) is 5.69 Å². The molecule has 1 N–H and O–H groups in total. The Bertz CT molecular complexity index is 1320. The average molecular weight is 584 g/mol. The van der Waals surface area contributed by atoms with Crippen molar-refractivity contribution in [1.82, 2.24) is 5.32 Å². The summed E-state index contributed by atoms with van der Waals surface area (Å²) in [4.78, 5) is 13.0. The molecule has 0 heterocycles. The summed E-state index contributed by atoms with van der Waals surface area (Å²) in [6, 6.07) is 16.6. The molecular weight excluding hydrogens is 555 g/mol. The molecule has 3 rings (SSSR count). The van der Waals surface area contributed by atoms with E-state index in [0.29, 0.717) is 33.8 Å². The first-order valence-electron chi connectivity index (χ1n) is 11.3. The summed E-state index contributed by atoms with van der Waals surface area (Å²) in [5.41, 5.74) is 1.95. The second kappa shape index (κ2) is 13.3. The fourth-order valence-corrected chi connectivity index (χ4v) is 6.44. The largest absolute Gasteiger partial charge is 0.497 e. The number of nitrogens with zero attached hydrogens (tertiary/aromatic N) is 1. The highest BCUT2D eigenvalue weighted by molar-refractivity contribution is 7.98. The number of benzene rings is 3. The van der Waals surface area contributed by atoms with Crippen molar-refractivity contribution in [2.24, 2.45) is 0 Å². The van der Waals surface area contributed by atoms with E-state index in [1.165, 1.54) is 32.4 Å². The molecule has 0 aliphatic carbocycles. The molecule has 0 atom stereocenters. The second-order valence-corrected chi connectivity index (χ2v) is 11.7. The number of amides is 1. The van der Waals surface area contributed by atoms with E-state index >= 15 is 0 Å². The van der Waals surface area contributed by atoms with Gasteiger partial charge >= 0.3 is 0 Å². The predicted molar refractivity (Wildman–Crippen MR) is 151 cm³/mol. The second-order valence-electron chi connectivity index (χ2n) is 7.97. The molecule has 0 bridgehead atoms. The van der Waals surface area contributed by atoms with Crippen LogP contribution in [0.25, 0.3) is 0 Å². The fraction of sp³-hybridized carbons (Fsp3) is 0.269. The van der Waals surface area contributed by atoms with E-state index in [2.05, 4.69) is 5.32 Å². The number of carbonyl (C=O) groups is 1. The summed E-state index contributed by atoms with van der Waals surface area (Å²) in [7, 11) is -1.19. The number of methoxy groups -OCH3 is 2. The van der Waals surface area contributed by atoms with Crippen LogP contribution in [0.1, 0.15) is 11.1 Å². The summed E-state index contributed by atoms with van der Waals surface area (Å²) in [5.74, 6) is 1.42. The van der Waals surface area contributed by atoms with E-state index in [1.54, 1.807) is 54.2 Å². The van der Waals surface area contributed by atoms with E-state index < -0.39 is 22.5 Å². The summed E-state index contributed by atoms with van der Waals surface area (Å²) >= 11 is 14.0. The van der Waals surface area contributed by atoms with Crippen LogP contribution < -0.4 is 19.1 Å². The molecular formula is C26H28Cl2N2O5S2. The summed E-state index contributed by atoms with van der Waals surface area (Å²) in [6.07, 6.45) is 0. The summed E-state index contributed by atoms with van der Waals surface area (Å²) < 4.78 is 39.1. The molecule has 37 heavy (non-hydrogen) atoms. The third-order valence-corrected chi connectivity index (χ3v) is 8.90. The van der Waals surface area contributed by atoms with Crippen molar-refractivity contribution >= 4 is 56.6 Å². The summed E-state index contributed by atoms with van der Waals surface area (Å²) in [6.45, 7) is 1.75. The highest BCUT2D eigenvalue weighted by Gasteiger charge is 2.30. The van der Waals surface area contributed by atoms with Gasteiger partial charge in [-0.3, -0.25) is 9.10 Å². The van der Waals surface area contributed by atoms with Crippen LogP contribution in [0.5, 0.6) is 11.5 Å². The van der Waals surface area contributed by atoms with Crippen molar-refractivity contribution < 1.29 is 22.7 Å². The number of hydrogen-bond acceptors (Lipinski definition) is 6. The molecule has 0 saturated carbocycles. The van der Waals surface area contributed by atoms with Crippen LogP contribution in [0.2, 0.25) is 10.0 Å². The number of nitrogens with one attached hydrogen (secondary N) is 1. The van der Waals surface area contributed by atoms with Gasteiger partial charge in [0.25, 0.3) is 10.0 Å². The molecule has 11 heteroatoms. The van der Waals surface area contributed by atoms with Crippen LogP contribution >= 0.6 is 35.0 Å². The Kier molecular flexibility index (Phi) is 10.4. The van der Waals surface area contributed by atoms with E-state index in [9.17, 15) is 13.2 Å². The number of carbonyl (C=O) groups excluding carboxylic acids is 1. The maximum Gasteiger partial charge on any atom is 0.264 e. The van der Waals surface area contributed by atoms with E-state index in [0.717, 1.165) is 15.4 Å². The highest BCUT2D eigenvalue weighted by atomic mass is 35.5. The van der Waals surface area contributed by atoms with Crippen molar-refractivity contribution in [3.8, 4) is 11.5 Å². The minimum Gasteiger partial charge on any atom is -0.497 e. The van der Waals surface area contributed by atoms with Crippen LogP contribution in [0.15, 0.2) is 65.6 Å². The zero-order valence-corrected chi connectivity index (χ0v) is 23.8. The maximum absolute atomic E-state index is 13.7. The van der Waals surface area contributed by atoms with Crippen molar-refractivity contribution in [3.63, 3.8) is 0 Å². The smallest absolute Gasteiger partial charge is 0.264 e. The van der Waals surface area contributed by atoms with Gasteiger partial charge in [0.15, 0.2) is 0 Å². The minimum absolute atomic E-state index is 0.0583. The van der Waals surface area contributed by atoms with Crippen molar-refractivity contribution in [1.29, 1.82) is 0 Å². The van der Waals surface area contributed by atoms with Crippen LogP contribution in [-0.2, 0) is 20.6 Å². The number of rotatable bonds is 12. The van der Waals surface area contributed by atoms with E-state index in [1.807, 2.05) is 6.92 Å². The van der Waals surface area contributed by atoms with Crippen LogP contribution in [0, 0.1) is 6.92 Å². The van der Waals surface area contributed by atoms with Crippen LogP contribution in [-0.4, -0.2) is 47.4 Å². The first-order valence-corrected chi connectivity index (χ1v) is 14.6. The zero-order chi connectivity index (χ0) is 27.0. The van der Waals surface area contributed by atoms with Gasteiger partial charge in [-0.25, -0.2) is 8.42 Å². The molecule has 0 unspecified atom stereocenters. The van der Waals surface area contributed by atoms with E-state index in [4.69, 9.17) is 32.7 Å². The molecule has 3 aromatic carbocycles. The van der Waals surface area contributed by atoms with Gasteiger partial charge in [0.05, 0.1) is 24.8 Å². The normalized spacial score (nSPS) is 11.2. The Morgan fingerprint density at radius 3 is 2.30 bits per heavy atom. The maximum atomic E-state index is 13.7. The zero-order valence-electron chi connectivity index (χ0n) is 20.7. The molecule has 198 valence electrons. The number of sulfonamides is 1. The topological polar surface area (TPSA) is 84.9 Å². The van der Waals surface area contributed by atoms with Crippen molar-refractivity contribution in [3.05, 3.63) is 81.8 Å². The minimum atomic E-state index is -4.10.